The van der Waals surface area contributed by atoms with Gasteiger partial charge in [0.05, 0.1) is 10.5 Å². The van der Waals surface area contributed by atoms with E-state index >= 15 is 0 Å². The predicted molar refractivity (Wildman–Crippen MR) is 161 cm³/mol. The van der Waals surface area contributed by atoms with Gasteiger partial charge in [0.25, 0.3) is 0 Å². The highest BCUT2D eigenvalue weighted by molar-refractivity contribution is 9.10. The number of carbonyl (C=O) groups excluding carboxylic acids is 1. The number of hydrogen-bond donors (Lipinski definition) is 0. The summed E-state index contributed by atoms with van der Waals surface area (Å²) in [4.78, 5) is 13.8. The monoisotopic (exact) mass is 616 g/mol. The summed E-state index contributed by atoms with van der Waals surface area (Å²) in [5, 5.41) is 0. The molecule has 198 valence electrons. The Hall–Kier alpha value is -2.01. The Balaban J connectivity index is 2.36. The molecule has 3 aromatic rings. The van der Waals surface area contributed by atoms with Gasteiger partial charge in [0.2, 0.25) is 0 Å². The summed E-state index contributed by atoms with van der Waals surface area (Å²) in [5.41, 5.74) is 1.08. The fourth-order valence-corrected chi connectivity index (χ4v) is 15.4. The van der Waals surface area contributed by atoms with E-state index in [2.05, 4.69) is 55.2 Å². The Morgan fingerprint density at radius 3 is 1.70 bits per heavy atom. The van der Waals surface area contributed by atoms with Crippen molar-refractivity contribution in [1.82, 2.24) is 0 Å². The maximum absolute atomic E-state index is 14.9. The Bertz CT molecular complexity index is 1280. The third-order valence-corrected chi connectivity index (χ3v) is 13.0. The number of benzene rings is 3. The molecule has 4 nitrogen and oxygen atoms in total. The van der Waals surface area contributed by atoms with Crippen molar-refractivity contribution in [2.45, 2.75) is 67.1 Å². The van der Waals surface area contributed by atoms with E-state index in [0.29, 0.717) is 23.2 Å². The van der Waals surface area contributed by atoms with E-state index in [0.717, 1.165) is 4.47 Å². The lowest BCUT2D eigenvalue weighted by Crippen LogP contribution is -2.53. The first-order valence-electron chi connectivity index (χ1n) is 12.5. The molecule has 0 fully saturated rings. The second-order valence-corrected chi connectivity index (χ2v) is 26.2. The van der Waals surface area contributed by atoms with E-state index in [1.54, 1.807) is 48.5 Å². The molecule has 0 aliphatic heterocycles. The highest BCUT2D eigenvalue weighted by Crippen LogP contribution is 2.50. The average molecular weight is 618 g/mol. The van der Waals surface area contributed by atoms with Crippen LogP contribution in [0.25, 0.3) is 0 Å². The van der Waals surface area contributed by atoms with Gasteiger partial charge >= 0.3 is 5.97 Å². The fourth-order valence-electron chi connectivity index (χ4n) is 5.07. The van der Waals surface area contributed by atoms with Gasteiger partial charge in [-0.15, -0.1) is 0 Å². The fraction of sp³-hybridized carbons (Fsp3) is 0.345. The lowest BCUT2D eigenvalue weighted by Gasteiger charge is -2.45. The Morgan fingerprint density at radius 2 is 1.24 bits per heavy atom. The standard InChI is InChI=1S/C29H37BrO4SSi2/c1-36(2,3)21-29(22-37(4,5)6,35(32,33)26-15-11-8-12-16-26)27(23-17-19-25(30)20-18-23)34-28(31)24-13-9-7-10-14-24/h7-20,27H,21-22H2,1-6H3. The van der Waals surface area contributed by atoms with E-state index in [1.807, 2.05) is 36.4 Å². The van der Waals surface area contributed by atoms with E-state index in [9.17, 15) is 13.2 Å². The quantitative estimate of drug-likeness (QED) is 0.170. The first-order valence-corrected chi connectivity index (χ1v) is 22.1. The van der Waals surface area contributed by atoms with Gasteiger partial charge in [-0.05, 0) is 54.0 Å². The zero-order valence-corrected chi connectivity index (χ0v) is 26.9. The van der Waals surface area contributed by atoms with Crippen molar-refractivity contribution < 1.29 is 17.9 Å². The number of ether oxygens (including phenoxy) is 1. The maximum Gasteiger partial charge on any atom is 0.338 e. The molecule has 0 aromatic heterocycles. The predicted octanol–water partition coefficient (Wildman–Crippen LogP) is 8.24. The molecule has 0 radical (unpaired) electrons. The number of carbonyl (C=O) groups is 1. The van der Waals surface area contributed by atoms with Gasteiger partial charge in [-0.2, -0.15) is 0 Å². The largest absolute Gasteiger partial charge is 0.452 e. The molecule has 0 aliphatic rings. The smallest absolute Gasteiger partial charge is 0.338 e. The van der Waals surface area contributed by atoms with Crippen LogP contribution < -0.4 is 0 Å². The van der Waals surface area contributed by atoms with E-state index in [-0.39, 0.29) is 4.90 Å². The third kappa shape index (κ3) is 7.31. The molecule has 0 spiro atoms. The number of rotatable bonds is 10. The third-order valence-electron chi connectivity index (χ3n) is 6.13. The van der Waals surface area contributed by atoms with Crippen molar-refractivity contribution in [3.63, 3.8) is 0 Å². The molecule has 37 heavy (non-hydrogen) atoms. The lowest BCUT2D eigenvalue weighted by atomic mass is 9.97. The number of halogens is 1. The van der Waals surface area contributed by atoms with Crippen molar-refractivity contribution in [2.24, 2.45) is 0 Å². The zero-order valence-electron chi connectivity index (χ0n) is 22.5. The van der Waals surface area contributed by atoms with Gasteiger partial charge in [-0.1, -0.05) is 104 Å². The van der Waals surface area contributed by atoms with Gasteiger partial charge < -0.3 is 4.74 Å². The molecular formula is C29H37BrO4SSi2. The van der Waals surface area contributed by atoms with E-state index in [4.69, 9.17) is 4.74 Å². The van der Waals surface area contributed by atoms with Crippen LogP contribution in [0.3, 0.4) is 0 Å². The molecule has 0 saturated heterocycles. The summed E-state index contributed by atoms with van der Waals surface area (Å²) in [6.45, 7) is 13.1. The van der Waals surface area contributed by atoms with Crippen molar-refractivity contribution >= 4 is 47.9 Å². The van der Waals surface area contributed by atoms with Crippen molar-refractivity contribution in [1.29, 1.82) is 0 Å². The first kappa shape index (κ1) is 29.5. The summed E-state index contributed by atoms with van der Waals surface area (Å²) in [6.07, 6.45) is -0.975. The molecule has 0 aliphatic carbocycles. The Morgan fingerprint density at radius 1 is 0.784 bits per heavy atom. The highest BCUT2D eigenvalue weighted by Gasteiger charge is 2.57. The molecule has 1 atom stereocenters. The minimum absolute atomic E-state index is 0.268. The summed E-state index contributed by atoms with van der Waals surface area (Å²) in [6, 6.07) is 25.9. The molecule has 3 aromatic carbocycles. The van der Waals surface area contributed by atoms with Crippen LogP contribution in [0.2, 0.25) is 51.4 Å². The van der Waals surface area contributed by atoms with E-state index in [1.165, 1.54) is 0 Å². The second kappa shape index (κ2) is 11.4. The van der Waals surface area contributed by atoms with Gasteiger partial charge in [0, 0.05) is 20.6 Å². The van der Waals surface area contributed by atoms with Crippen LogP contribution in [-0.4, -0.2) is 35.3 Å². The second-order valence-electron chi connectivity index (χ2n) is 12.1. The summed E-state index contributed by atoms with van der Waals surface area (Å²) >= 11 is 3.49. The highest BCUT2D eigenvalue weighted by atomic mass is 79.9. The maximum atomic E-state index is 14.9. The Kier molecular flexibility index (Phi) is 9.10. The molecule has 1 unspecified atom stereocenters. The summed E-state index contributed by atoms with van der Waals surface area (Å²) in [7, 11) is -7.99. The van der Waals surface area contributed by atoms with Crippen LogP contribution in [0, 0.1) is 0 Å². The Labute approximate surface area is 232 Å². The summed E-state index contributed by atoms with van der Waals surface area (Å²) < 4.78 is 35.6. The molecule has 0 saturated carbocycles. The molecule has 0 heterocycles. The van der Waals surface area contributed by atoms with Crippen LogP contribution in [-0.2, 0) is 14.6 Å². The van der Waals surface area contributed by atoms with Gasteiger partial charge in [0.1, 0.15) is 10.9 Å². The van der Waals surface area contributed by atoms with E-state index < -0.39 is 42.8 Å². The lowest BCUT2D eigenvalue weighted by molar-refractivity contribution is 0.0211. The van der Waals surface area contributed by atoms with Gasteiger partial charge in [-0.25, -0.2) is 13.2 Å². The van der Waals surface area contributed by atoms with Crippen molar-refractivity contribution in [2.75, 3.05) is 0 Å². The first-order chi connectivity index (χ1) is 17.1. The van der Waals surface area contributed by atoms with Crippen LogP contribution in [0.15, 0.2) is 94.3 Å². The number of hydrogen-bond acceptors (Lipinski definition) is 4. The minimum Gasteiger partial charge on any atom is -0.452 e. The SMILES string of the molecule is C[Si](C)(C)CC(C[Si](C)(C)C)(C(OC(=O)c1ccccc1)c1ccc(Br)cc1)S(=O)(=O)c1ccccc1. The molecule has 0 amide bonds. The molecule has 0 N–H and O–H groups in total. The molecule has 3 rings (SSSR count). The van der Waals surface area contributed by atoms with Gasteiger partial charge in [-0.3, -0.25) is 0 Å². The number of esters is 1. The molecular weight excluding hydrogens is 580 g/mol. The normalized spacial score (nSPS) is 13.7. The molecule has 8 heteroatoms. The zero-order chi connectivity index (χ0) is 27.5. The average Bonchev–Trinajstić information content (AvgIpc) is 2.82. The molecule has 0 bridgehead atoms. The number of sulfone groups is 1. The minimum atomic E-state index is -3.93. The van der Waals surface area contributed by atoms with Crippen LogP contribution in [0.4, 0.5) is 0 Å². The van der Waals surface area contributed by atoms with Crippen LogP contribution >= 0.6 is 15.9 Å². The van der Waals surface area contributed by atoms with Crippen LogP contribution in [0.1, 0.15) is 22.0 Å². The van der Waals surface area contributed by atoms with Crippen molar-refractivity contribution in [3.8, 4) is 0 Å². The summed E-state index contributed by atoms with van der Waals surface area (Å²) in [5.74, 6) is -0.521. The topological polar surface area (TPSA) is 60.4 Å². The van der Waals surface area contributed by atoms with Crippen molar-refractivity contribution in [3.05, 3.63) is 101 Å². The van der Waals surface area contributed by atoms with Crippen LogP contribution in [0.5, 0.6) is 0 Å². The van der Waals surface area contributed by atoms with Gasteiger partial charge in [0.15, 0.2) is 9.84 Å².